The molecule has 0 aliphatic rings. The first-order chi connectivity index (χ1) is 13.5. The molecule has 0 radical (unpaired) electrons. The summed E-state index contributed by atoms with van der Waals surface area (Å²) in [4.78, 5) is 8.87. The molecule has 7 heteroatoms. The SMILES string of the molecule is C=C(/C=C(/CNc1nc(C)cc(Nc2cc(C)on2)n1)OC)c1ccccc1. The number of hydrogen-bond acceptors (Lipinski definition) is 7. The van der Waals surface area contributed by atoms with Gasteiger partial charge in [-0.2, -0.15) is 4.98 Å². The number of hydrogen-bond donors (Lipinski definition) is 2. The minimum Gasteiger partial charge on any atom is -0.499 e. The van der Waals surface area contributed by atoms with Gasteiger partial charge in [-0.3, -0.25) is 0 Å². The van der Waals surface area contributed by atoms with Gasteiger partial charge in [0.2, 0.25) is 5.95 Å². The summed E-state index contributed by atoms with van der Waals surface area (Å²) in [6.45, 7) is 8.26. The van der Waals surface area contributed by atoms with Crippen molar-refractivity contribution in [2.45, 2.75) is 13.8 Å². The van der Waals surface area contributed by atoms with E-state index >= 15 is 0 Å². The molecule has 3 rings (SSSR count). The van der Waals surface area contributed by atoms with E-state index in [9.17, 15) is 0 Å². The van der Waals surface area contributed by atoms with Crippen LogP contribution >= 0.6 is 0 Å². The molecule has 2 aromatic heterocycles. The van der Waals surface area contributed by atoms with Crippen LogP contribution in [-0.4, -0.2) is 28.8 Å². The molecule has 0 aliphatic heterocycles. The maximum absolute atomic E-state index is 5.47. The van der Waals surface area contributed by atoms with Crippen LogP contribution < -0.4 is 10.6 Å². The van der Waals surface area contributed by atoms with Gasteiger partial charge in [-0.1, -0.05) is 42.1 Å². The Hall–Kier alpha value is -3.61. The zero-order chi connectivity index (χ0) is 19.9. The van der Waals surface area contributed by atoms with Gasteiger partial charge >= 0.3 is 0 Å². The fourth-order valence-electron chi connectivity index (χ4n) is 2.55. The van der Waals surface area contributed by atoms with Crippen LogP contribution in [0.2, 0.25) is 0 Å². The van der Waals surface area contributed by atoms with Crippen LogP contribution in [0.5, 0.6) is 0 Å². The summed E-state index contributed by atoms with van der Waals surface area (Å²) in [5, 5.41) is 10.2. The molecule has 0 fully saturated rings. The fraction of sp³-hybridized carbons (Fsp3) is 0.190. The minimum atomic E-state index is 0.425. The molecule has 2 N–H and O–H groups in total. The second-order valence-electron chi connectivity index (χ2n) is 6.23. The molecule has 0 bridgehead atoms. The van der Waals surface area contributed by atoms with Crippen molar-refractivity contribution < 1.29 is 9.26 Å². The lowest BCUT2D eigenvalue weighted by molar-refractivity contribution is 0.290. The first-order valence-electron chi connectivity index (χ1n) is 8.82. The van der Waals surface area contributed by atoms with Crippen molar-refractivity contribution in [1.82, 2.24) is 15.1 Å². The summed E-state index contributed by atoms with van der Waals surface area (Å²) in [5.74, 6) is 3.15. The van der Waals surface area contributed by atoms with Gasteiger partial charge in [-0.05, 0) is 31.1 Å². The van der Waals surface area contributed by atoms with Gasteiger partial charge < -0.3 is 19.9 Å². The van der Waals surface area contributed by atoms with E-state index in [1.165, 1.54) is 0 Å². The second-order valence-corrected chi connectivity index (χ2v) is 6.23. The highest BCUT2D eigenvalue weighted by atomic mass is 16.5. The van der Waals surface area contributed by atoms with Gasteiger partial charge in [0.1, 0.15) is 17.3 Å². The number of aromatic nitrogens is 3. The second kappa shape index (κ2) is 8.85. The van der Waals surface area contributed by atoms with E-state index in [-0.39, 0.29) is 0 Å². The average Bonchev–Trinajstić information content (AvgIpc) is 3.09. The number of nitrogens with one attached hydrogen (secondary N) is 2. The molecule has 0 saturated carbocycles. The molecule has 0 aliphatic carbocycles. The van der Waals surface area contributed by atoms with E-state index in [0.29, 0.717) is 24.1 Å². The first kappa shape index (κ1) is 19.2. The van der Waals surface area contributed by atoms with Crippen LogP contribution in [0.4, 0.5) is 17.6 Å². The Bertz CT molecular complexity index is 979. The predicted octanol–water partition coefficient (Wildman–Crippen LogP) is 4.48. The third-order valence-electron chi connectivity index (χ3n) is 3.90. The maximum atomic E-state index is 5.47. The summed E-state index contributed by atoms with van der Waals surface area (Å²) >= 11 is 0. The molecule has 0 unspecified atom stereocenters. The topological polar surface area (TPSA) is 85.1 Å². The van der Waals surface area contributed by atoms with Crippen molar-refractivity contribution in [3.8, 4) is 0 Å². The predicted molar refractivity (Wildman–Crippen MR) is 110 cm³/mol. The van der Waals surface area contributed by atoms with Crippen molar-refractivity contribution >= 4 is 23.2 Å². The summed E-state index contributed by atoms with van der Waals surface area (Å²) < 4.78 is 10.5. The number of allylic oxidation sites excluding steroid dienone is 2. The van der Waals surface area contributed by atoms with E-state index in [4.69, 9.17) is 9.26 Å². The van der Waals surface area contributed by atoms with Crippen molar-refractivity contribution in [2.24, 2.45) is 0 Å². The Morgan fingerprint density at radius 3 is 2.61 bits per heavy atom. The average molecular weight is 377 g/mol. The Kier molecular flexibility index (Phi) is 6.06. The van der Waals surface area contributed by atoms with Crippen molar-refractivity contribution in [2.75, 3.05) is 24.3 Å². The Balaban J connectivity index is 1.68. The fourth-order valence-corrected chi connectivity index (χ4v) is 2.55. The lowest BCUT2D eigenvalue weighted by Crippen LogP contribution is -2.10. The van der Waals surface area contributed by atoms with Crippen molar-refractivity contribution in [1.29, 1.82) is 0 Å². The monoisotopic (exact) mass is 377 g/mol. The van der Waals surface area contributed by atoms with Crippen molar-refractivity contribution in [3.63, 3.8) is 0 Å². The Morgan fingerprint density at radius 2 is 1.93 bits per heavy atom. The molecule has 144 valence electrons. The van der Waals surface area contributed by atoms with Gasteiger partial charge in [-0.25, -0.2) is 4.98 Å². The molecule has 2 heterocycles. The standard InChI is InChI=1S/C21H23N5O2/c1-14(17-8-6-5-7-9-17)10-18(27-4)13-22-21-23-15(2)11-19(25-21)24-20-12-16(3)28-26-20/h5-12H,1,13H2,2-4H3,(H2,22,23,24,25,26)/b18-10-. The molecular weight excluding hydrogens is 354 g/mol. The highest BCUT2D eigenvalue weighted by molar-refractivity contribution is 5.72. The van der Waals surface area contributed by atoms with Gasteiger partial charge in [0.25, 0.3) is 0 Å². The van der Waals surface area contributed by atoms with Gasteiger partial charge in [0.05, 0.1) is 13.7 Å². The normalized spacial score (nSPS) is 11.2. The number of rotatable bonds is 8. The summed E-state index contributed by atoms with van der Waals surface area (Å²) in [7, 11) is 1.63. The van der Waals surface area contributed by atoms with Crippen LogP contribution in [0, 0.1) is 13.8 Å². The zero-order valence-electron chi connectivity index (χ0n) is 16.2. The van der Waals surface area contributed by atoms with E-state index in [2.05, 4.69) is 32.3 Å². The quantitative estimate of drug-likeness (QED) is 0.442. The molecule has 0 saturated heterocycles. The summed E-state index contributed by atoms with van der Waals surface area (Å²) in [6.07, 6.45) is 1.90. The molecule has 3 aromatic rings. The molecule has 1 aromatic carbocycles. The molecule has 7 nitrogen and oxygen atoms in total. The Labute approximate surface area is 164 Å². The van der Waals surface area contributed by atoms with Gasteiger partial charge in [-0.15, -0.1) is 0 Å². The van der Waals surface area contributed by atoms with Crippen LogP contribution in [0.3, 0.4) is 0 Å². The summed E-state index contributed by atoms with van der Waals surface area (Å²) in [5.41, 5.74) is 2.73. The molecule has 28 heavy (non-hydrogen) atoms. The lowest BCUT2D eigenvalue weighted by Gasteiger charge is -2.11. The third kappa shape index (κ3) is 5.20. The van der Waals surface area contributed by atoms with E-state index in [1.54, 1.807) is 13.2 Å². The number of nitrogens with zero attached hydrogens (tertiary/aromatic N) is 3. The lowest BCUT2D eigenvalue weighted by atomic mass is 10.1. The van der Waals surface area contributed by atoms with Crippen molar-refractivity contribution in [3.05, 3.63) is 77.9 Å². The van der Waals surface area contributed by atoms with Crippen LogP contribution in [0.1, 0.15) is 17.0 Å². The molecule has 0 spiro atoms. The van der Waals surface area contributed by atoms with E-state index in [1.807, 2.05) is 56.3 Å². The number of ether oxygens (including phenoxy) is 1. The molecular formula is C21H23N5O2. The number of aryl methyl sites for hydroxylation is 2. The highest BCUT2D eigenvalue weighted by Crippen LogP contribution is 2.18. The van der Waals surface area contributed by atoms with E-state index in [0.717, 1.165) is 28.3 Å². The maximum Gasteiger partial charge on any atom is 0.225 e. The molecule has 0 amide bonds. The first-order valence-corrected chi connectivity index (χ1v) is 8.82. The number of benzene rings is 1. The van der Waals surface area contributed by atoms with Gasteiger partial charge in [0, 0.05) is 17.8 Å². The number of methoxy groups -OCH3 is 1. The summed E-state index contributed by atoms with van der Waals surface area (Å²) in [6, 6.07) is 13.6. The Morgan fingerprint density at radius 1 is 1.14 bits per heavy atom. The largest absolute Gasteiger partial charge is 0.499 e. The zero-order valence-corrected chi connectivity index (χ0v) is 16.2. The van der Waals surface area contributed by atoms with Crippen LogP contribution in [0.15, 0.2) is 65.4 Å². The molecule has 0 atom stereocenters. The smallest absolute Gasteiger partial charge is 0.225 e. The van der Waals surface area contributed by atoms with Crippen LogP contribution in [0.25, 0.3) is 5.57 Å². The number of anilines is 3. The van der Waals surface area contributed by atoms with Crippen LogP contribution in [-0.2, 0) is 4.74 Å². The minimum absolute atomic E-state index is 0.425. The third-order valence-corrected chi connectivity index (χ3v) is 3.90. The van der Waals surface area contributed by atoms with Gasteiger partial charge in [0.15, 0.2) is 5.82 Å². The van der Waals surface area contributed by atoms with E-state index < -0.39 is 0 Å². The highest BCUT2D eigenvalue weighted by Gasteiger charge is 2.07.